The van der Waals surface area contributed by atoms with E-state index in [4.69, 9.17) is 14.6 Å². The van der Waals surface area contributed by atoms with Crippen LogP contribution in [0.15, 0.2) is 23.1 Å². The number of nitrogens with two attached hydrogens (primary N) is 1. The summed E-state index contributed by atoms with van der Waals surface area (Å²) in [7, 11) is -2.11. The Hall–Kier alpha value is -1.11. The monoisotopic (exact) mass is 287 g/mol. The zero-order valence-electron chi connectivity index (χ0n) is 11.8. The van der Waals surface area contributed by atoms with Crippen molar-refractivity contribution < 1.29 is 17.9 Å². The van der Waals surface area contributed by atoms with Crippen molar-refractivity contribution in [2.24, 2.45) is 5.14 Å². The lowest BCUT2D eigenvalue weighted by molar-refractivity contribution is 0.145. The fourth-order valence-electron chi connectivity index (χ4n) is 1.63. The first kappa shape index (κ1) is 15.9. The highest BCUT2D eigenvalue weighted by Crippen LogP contribution is 2.33. The Morgan fingerprint density at radius 3 is 2.32 bits per heavy atom. The summed E-state index contributed by atoms with van der Waals surface area (Å²) in [6, 6.07) is 4.65. The normalized spacial score (nSPS) is 12.5. The number of rotatable bonds is 5. The molecular formula is C13H21NO4S. The lowest BCUT2D eigenvalue weighted by atomic mass is 9.86. The Morgan fingerprint density at radius 1 is 1.21 bits per heavy atom. The number of primary sulfonamides is 1. The van der Waals surface area contributed by atoms with Crippen LogP contribution < -0.4 is 9.88 Å². The van der Waals surface area contributed by atoms with Crippen LogP contribution in [0.5, 0.6) is 5.75 Å². The molecule has 0 radical (unpaired) electrons. The zero-order valence-corrected chi connectivity index (χ0v) is 12.6. The van der Waals surface area contributed by atoms with Crippen LogP contribution in [0.25, 0.3) is 0 Å². The van der Waals surface area contributed by atoms with Gasteiger partial charge < -0.3 is 9.47 Å². The van der Waals surface area contributed by atoms with Crippen molar-refractivity contribution in [1.82, 2.24) is 0 Å². The predicted molar refractivity (Wildman–Crippen MR) is 73.9 cm³/mol. The molecule has 108 valence electrons. The number of hydrogen-bond acceptors (Lipinski definition) is 4. The predicted octanol–water partition coefficient (Wildman–Crippen LogP) is 1.66. The molecule has 6 heteroatoms. The number of methoxy groups -OCH3 is 1. The molecule has 1 aromatic carbocycles. The van der Waals surface area contributed by atoms with Gasteiger partial charge >= 0.3 is 0 Å². The van der Waals surface area contributed by atoms with E-state index in [0.717, 1.165) is 5.56 Å². The summed E-state index contributed by atoms with van der Waals surface area (Å²) in [5, 5.41) is 5.15. The van der Waals surface area contributed by atoms with E-state index in [-0.39, 0.29) is 10.3 Å². The summed E-state index contributed by atoms with van der Waals surface area (Å²) >= 11 is 0. The third kappa shape index (κ3) is 4.49. The molecule has 0 unspecified atom stereocenters. The van der Waals surface area contributed by atoms with Crippen molar-refractivity contribution >= 4 is 10.0 Å². The van der Waals surface area contributed by atoms with Gasteiger partial charge in [0.25, 0.3) is 0 Å². The smallest absolute Gasteiger partial charge is 0.238 e. The van der Waals surface area contributed by atoms with E-state index in [0.29, 0.717) is 19.0 Å². The third-order valence-corrected chi connectivity index (χ3v) is 3.54. The summed E-state index contributed by atoms with van der Waals surface area (Å²) in [4.78, 5) is 0.0940. The quantitative estimate of drug-likeness (QED) is 0.835. The van der Waals surface area contributed by atoms with Gasteiger partial charge in [0.1, 0.15) is 12.4 Å². The Balaban J connectivity index is 3.18. The summed E-state index contributed by atoms with van der Waals surface area (Å²) < 4.78 is 33.3. The van der Waals surface area contributed by atoms with Crippen LogP contribution in [-0.4, -0.2) is 28.7 Å². The van der Waals surface area contributed by atoms with Gasteiger partial charge in [-0.05, 0) is 23.6 Å². The fraction of sp³-hybridized carbons (Fsp3) is 0.538. The van der Waals surface area contributed by atoms with Crippen molar-refractivity contribution in [3.05, 3.63) is 23.8 Å². The molecule has 0 aliphatic heterocycles. The Morgan fingerprint density at radius 2 is 1.84 bits per heavy atom. The second-order valence-corrected chi connectivity index (χ2v) is 6.86. The molecule has 0 spiro atoms. The van der Waals surface area contributed by atoms with Crippen LogP contribution in [0.4, 0.5) is 0 Å². The maximum absolute atomic E-state index is 11.4. The van der Waals surface area contributed by atoms with Crippen molar-refractivity contribution in [2.45, 2.75) is 31.1 Å². The van der Waals surface area contributed by atoms with Gasteiger partial charge in [-0.2, -0.15) is 0 Å². The molecule has 0 aliphatic rings. The molecule has 0 saturated carbocycles. The fourth-order valence-corrected chi connectivity index (χ4v) is 2.17. The molecular weight excluding hydrogens is 266 g/mol. The third-order valence-electron chi connectivity index (χ3n) is 2.63. The number of ether oxygens (including phenoxy) is 2. The van der Waals surface area contributed by atoms with E-state index in [2.05, 4.69) is 0 Å². The Labute approximate surface area is 114 Å². The molecule has 0 aromatic heterocycles. The standard InChI is InChI=1S/C13H21NO4S/c1-13(2,3)11-9-10(19(14,15)16)5-6-12(11)18-8-7-17-4/h5-6,9H,7-8H2,1-4H3,(H2,14,15,16). The average Bonchev–Trinajstić information content (AvgIpc) is 2.27. The first-order valence-corrected chi connectivity index (χ1v) is 7.50. The highest BCUT2D eigenvalue weighted by Gasteiger charge is 2.22. The molecule has 0 saturated heterocycles. The van der Waals surface area contributed by atoms with Gasteiger partial charge in [0, 0.05) is 12.7 Å². The Bertz CT molecular complexity index is 532. The zero-order chi connectivity index (χ0) is 14.7. The second-order valence-electron chi connectivity index (χ2n) is 5.29. The largest absolute Gasteiger partial charge is 0.491 e. The summed E-state index contributed by atoms with van der Waals surface area (Å²) in [6.45, 7) is 6.84. The van der Waals surface area contributed by atoms with E-state index < -0.39 is 10.0 Å². The van der Waals surface area contributed by atoms with Crippen LogP contribution in [-0.2, 0) is 20.2 Å². The molecule has 0 aliphatic carbocycles. The summed E-state index contributed by atoms with van der Waals surface area (Å²) in [6.07, 6.45) is 0. The maximum atomic E-state index is 11.4. The molecule has 0 atom stereocenters. The van der Waals surface area contributed by atoms with E-state index in [1.54, 1.807) is 19.2 Å². The lowest BCUT2D eigenvalue weighted by Gasteiger charge is -2.23. The van der Waals surface area contributed by atoms with Crippen molar-refractivity contribution in [1.29, 1.82) is 0 Å². The second kappa shape index (κ2) is 5.90. The highest BCUT2D eigenvalue weighted by molar-refractivity contribution is 7.89. The first-order valence-electron chi connectivity index (χ1n) is 5.95. The SMILES string of the molecule is COCCOc1ccc(S(N)(=O)=O)cc1C(C)(C)C. The highest BCUT2D eigenvalue weighted by atomic mass is 32.2. The molecule has 0 fully saturated rings. The molecule has 0 bridgehead atoms. The minimum Gasteiger partial charge on any atom is -0.491 e. The van der Waals surface area contributed by atoms with Crippen LogP contribution in [0.1, 0.15) is 26.3 Å². The van der Waals surface area contributed by atoms with Crippen molar-refractivity contribution in [3.8, 4) is 5.75 Å². The minimum absolute atomic E-state index is 0.0940. The molecule has 1 aromatic rings. The van der Waals surface area contributed by atoms with Gasteiger partial charge in [-0.25, -0.2) is 13.6 Å². The molecule has 0 amide bonds. The average molecular weight is 287 g/mol. The lowest BCUT2D eigenvalue weighted by Crippen LogP contribution is -2.18. The number of benzene rings is 1. The number of hydrogen-bond donors (Lipinski definition) is 1. The van der Waals surface area contributed by atoms with Crippen molar-refractivity contribution in [3.63, 3.8) is 0 Å². The van der Waals surface area contributed by atoms with Gasteiger partial charge in [-0.15, -0.1) is 0 Å². The van der Waals surface area contributed by atoms with Gasteiger partial charge in [0.2, 0.25) is 10.0 Å². The topological polar surface area (TPSA) is 78.6 Å². The molecule has 19 heavy (non-hydrogen) atoms. The minimum atomic E-state index is -3.71. The molecule has 5 nitrogen and oxygen atoms in total. The van der Waals surface area contributed by atoms with Crippen LogP contribution in [0.2, 0.25) is 0 Å². The van der Waals surface area contributed by atoms with Gasteiger partial charge in [-0.3, -0.25) is 0 Å². The van der Waals surface area contributed by atoms with E-state index >= 15 is 0 Å². The van der Waals surface area contributed by atoms with Crippen LogP contribution >= 0.6 is 0 Å². The Kier molecular flexibility index (Phi) is 4.95. The molecule has 1 rings (SSSR count). The van der Waals surface area contributed by atoms with Crippen LogP contribution in [0, 0.1) is 0 Å². The first-order chi connectivity index (χ1) is 8.66. The van der Waals surface area contributed by atoms with Gasteiger partial charge in [-0.1, -0.05) is 20.8 Å². The number of sulfonamides is 1. The molecule has 0 heterocycles. The van der Waals surface area contributed by atoms with Crippen molar-refractivity contribution in [2.75, 3.05) is 20.3 Å². The molecule has 2 N–H and O–H groups in total. The van der Waals surface area contributed by atoms with E-state index in [1.165, 1.54) is 6.07 Å². The summed E-state index contributed by atoms with van der Waals surface area (Å²) in [5.74, 6) is 0.650. The van der Waals surface area contributed by atoms with Crippen LogP contribution in [0.3, 0.4) is 0 Å². The maximum Gasteiger partial charge on any atom is 0.238 e. The summed E-state index contributed by atoms with van der Waals surface area (Å²) in [5.41, 5.74) is 0.554. The van der Waals surface area contributed by atoms with E-state index in [9.17, 15) is 8.42 Å². The van der Waals surface area contributed by atoms with Gasteiger partial charge in [0.05, 0.1) is 11.5 Å². The van der Waals surface area contributed by atoms with E-state index in [1.807, 2.05) is 20.8 Å². The van der Waals surface area contributed by atoms with Gasteiger partial charge in [0.15, 0.2) is 0 Å².